The Morgan fingerprint density at radius 3 is 2.72 bits per heavy atom. The van der Waals surface area contributed by atoms with Crippen LogP contribution in [-0.2, 0) is 0 Å². The molecule has 1 heterocycles. The predicted octanol–water partition coefficient (Wildman–Crippen LogP) is 3.51. The Hall–Kier alpha value is -1.33. The van der Waals surface area contributed by atoms with Gasteiger partial charge in [-0.3, -0.25) is 0 Å². The monoisotopic (exact) mass is 242 g/mol. The Bertz CT molecular complexity index is 425. The third-order valence-electron chi connectivity index (χ3n) is 4.07. The lowest BCUT2D eigenvalue weighted by molar-refractivity contribution is 0.255. The molecule has 0 saturated carbocycles. The van der Waals surface area contributed by atoms with Gasteiger partial charge in [-0.15, -0.1) is 0 Å². The molecule has 1 aromatic rings. The number of likely N-dealkylation sites (tertiary alicyclic amines) is 1. The Morgan fingerprint density at radius 2 is 2.11 bits per heavy atom. The van der Waals surface area contributed by atoms with Crippen LogP contribution in [0.1, 0.15) is 49.1 Å². The molecule has 0 aromatic heterocycles. The topological polar surface area (TPSA) is 27.0 Å². The Labute approximate surface area is 110 Å². The average Bonchev–Trinajstić information content (AvgIpc) is 2.41. The summed E-state index contributed by atoms with van der Waals surface area (Å²) in [6.07, 6.45) is 3.37. The molecule has 0 N–H and O–H groups in total. The molecule has 0 amide bonds. The smallest absolute Gasteiger partial charge is 0.0710 e. The highest BCUT2D eigenvalue weighted by atomic mass is 15.1. The standard InChI is InChI=1S/C16H22N2/c1-3-13(12-17)15-5-4-6-16(11-15)14-7-9-18(2)10-8-14/h4-6,11,13-14H,3,7-10H2,1-2H3. The first-order chi connectivity index (χ1) is 8.74. The van der Waals surface area contributed by atoms with Crippen molar-refractivity contribution in [3.8, 4) is 6.07 Å². The minimum absolute atomic E-state index is 0.0521. The number of piperidine rings is 1. The molecule has 1 fully saturated rings. The van der Waals surface area contributed by atoms with Crippen molar-refractivity contribution in [3.05, 3.63) is 35.4 Å². The van der Waals surface area contributed by atoms with Gasteiger partial charge in [-0.2, -0.15) is 5.26 Å². The first kappa shape index (κ1) is 13.1. The van der Waals surface area contributed by atoms with E-state index in [1.165, 1.54) is 37.1 Å². The van der Waals surface area contributed by atoms with E-state index in [9.17, 15) is 0 Å². The van der Waals surface area contributed by atoms with Crippen LogP contribution in [-0.4, -0.2) is 25.0 Å². The molecule has 1 unspecified atom stereocenters. The number of hydrogen-bond acceptors (Lipinski definition) is 2. The molecular weight excluding hydrogens is 220 g/mol. The van der Waals surface area contributed by atoms with Crippen LogP contribution in [0.4, 0.5) is 0 Å². The van der Waals surface area contributed by atoms with Crippen LogP contribution in [0.2, 0.25) is 0 Å². The summed E-state index contributed by atoms with van der Waals surface area (Å²) in [6, 6.07) is 11.1. The van der Waals surface area contributed by atoms with E-state index in [2.05, 4.69) is 49.2 Å². The van der Waals surface area contributed by atoms with Crippen LogP contribution in [0.15, 0.2) is 24.3 Å². The zero-order valence-corrected chi connectivity index (χ0v) is 11.4. The van der Waals surface area contributed by atoms with E-state index in [0.717, 1.165) is 6.42 Å². The molecule has 1 atom stereocenters. The first-order valence-electron chi connectivity index (χ1n) is 6.92. The molecule has 1 aliphatic heterocycles. The van der Waals surface area contributed by atoms with Crippen molar-refractivity contribution in [3.63, 3.8) is 0 Å². The molecule has 2 rings (SSSR count). The van der Waals surface area contributed by atoms with Crippen LogP contribution in [0.5, 0.6) is 0 Å². The molecule has 1 aliphatic rings. The second-order valence-corrected chi connectivity index (χ2v) is 5.34. The van der Waals surface area contributed by atoms with E-state index in [1.807, 2.05) is 0 Å². The lowest BCUT2D eigenvalue weighted by atomic mass is 9.87. The van der Waals surface area contributed by atoms with Gasteiger partial charge in [-0.1, -0.05) is 31.2 Å². The summed E-state index contributed by atoms with van der Waals surface area (Å²) in [7, 11) is 2.19. The molecule has 18 heavy (non-hydrogen) atoms. The van der Waals surface area contributed by atoms with E-state index in [1.54, 1.807) is 0 Å². The third-order valence-corrected chi connectivity index (χ3v) is 4.07. The van der Waals surface area contributed by atoms with Crippen molar-refractivity contribution in [2.45, 2.75) is 38.0 Å². The molecule has 1 aromatic carbocycles. The number of hydrogen-bond donors (Lipinski definition) is 0. The number of benzene rings is 1. The van der Waals surface area contributed by atoms with E-state index in [-0.39, 0.29) is 5.92 Å². The van der Waals surface area contributed by atoms with Gasteiger partial charge in [0, 0.05) is 0 Å². The number of rotatable bonds is 3. The second-order valence-electron chi connectivity index (χ2n) is 5.34. The van der Waals surface area contributed by atoms with Gasteiger partial charge in [0.25, 0.3) is 0 Å². The van der Waals surface area contributed by atoms with Crippen molar-refractivity contribution in [1.82, 2.24) is 4.90 Å². The maximum absolute atomic E-state index is 9.16. The molecule has 0 radical (unpaired) electrons. The Morgan fingerprint density at radius 1 is 1.39 bits per heavy atom. The summed E-state index contributed by atoms with van der Waals surface area (Å²) < 4.78 is 0. The number of nitriles is 1. The van der Waals surface area contributed by atoms with Gasteiger partial charge >= 0.3 is 0 Å². The molecule has 2 nitrogen and oxygen atoms in total. The predicted molar refractivity (Wildman–Crippen MR) is 74.6 cm³/mol. The van der Waals surface area contributed by atoms with Crippen molar-refractivity contribution >= 4 is 0 Å². The highest BCUT2D eigenvalue weighted by Crippen LogP contribution is 2.30. The van der Waals surface area contributed by atoms with Gasteiger partial charge in [0.15, 0.2) is 0 Å². The summed E-state index contributed by atoms with van der Waals surface area (Å²) >= 11 is 0. The van der Waals surface area contributed by atoms with Crippen LogP contribution in [0, 0.1) is 11.3 Å². The van der Waals surface area contributed by atoms with E-state index in [0.29, 0.717) is 5.92 Å². The highest BCUT2D eigenvalue weighted by Gasteiger charge is 2.19. The maximum atomic E-state index is 9.16. The van der Waals surface area contributed by atoms with Gasteiger partial charge in [-0.05, 0) is 56.4 Å². The van der Waals surface area contributed by atoms with Gasteiger partial charge in [0.05, 0.1) is 12.0 Å². The summed E-state index contributed by atoms with van der Waals surface area (Å²) in [6.45, 7) is 4.45. The van der Waals surface area contributed by atoms with Crippen LogP contribution < -0.4 is 0 Å². The zero-order chi connectivity index (χ0) is 13.0. The minimum Gasteiger partial charge on any atom is -0.306 e. The molecule has 96 valence electrons. The van der Waals surface area contributed by atoms with Crippen LogP contribution in [0.25, 0.3) is 0 Å². The summed E-state index contributed by atoms with van der Waals surface area (Å²) in [5, 5.41) is 9.16. The Kier molecular flexibility index (Phi) is 4.38. The lowest BCUT2D eigenvalue weighted by Crippen LogP contribution is -2.29. The van der Waals surface area contributed by atoms with Crippen LogP contribution >= 0.6 is 0 Å². The van der Waals surface area contributed by atoms with Gasteiger partial charge in [-0.25, -0.2) is 0 Å². The second kappa shape index (κ2) is 6.02. The van der Waals surface area contributed by atoms with Gasteiger partial charge < -0.3 is 4.90 Å². The molecule has 0 aliphatic carbocycles. The van der Waals surface area contributed by atoms with E-state index in [4.69, 9.17) is 5.26 Å². The number of nitrogens with zero attached hydrogens (tertiary/aromatic N) is 2. The minimum atomic E-state index is 0.0521. The zero-order valence-electron chi connectivity index (χ0n) is 11.4. The fourth-order valence-corrected chi connectivity index (χ4v) is 2.77. The largest absolute Gasteiger partial charge is 0.306 e. The summed E-state index contributed by atoms with van der Waals surface area (Å²) in [5.74, 6) is 0.730. The SMILES string of the molecule is CCC(C#N)c1cccc(C2CCN(C)CC2)c1. The summed E-state index contributed by atoms with van der Waals surface area (Å²) in [5.41, 5.74) is 2.62. The average molecular weight is 242 g/mol. The maximum Gasteiger partial charge on any atom is 0.0710 e. The van der Waals surface area contributed by atoms with Crippen molar-refractivity contribution in [1.29, 1.82) is 5.26 Å². The lowest BCUT2D eigenvalue weighted by Gasteiger charge is -2.29. The van der Waals surface area contributed by atoms with Crippen molar-refractivity contribution in [2.75, 3.05) is 20.1 Å². The normalized spacial score (nSPS) is 19.4. The van der Waals surface area contributed by atoms with Crippen LogP contribution in [0.3, 0.4) is 0 Å². The third kappa shape index (κ3) is 2.91. The van der Waals surface area contributed by atoms with E-state index >= 15 is 0 Å². The molecular formula is C16H22N2. The molecule has 0 bridgehead atoms. The van der Waals surface area contributed by atoms with Crippen molar-refractivity contribution in [2.24, 2.45) is 0 Å². The Balaban J connectivity index is 2.15. The van der Waals surface area contributed by atoms with Crippen molar-refractivity contribution < 1.29 is 0 Å². The quantitative estimate of drug-likeness (QED) is 0.811. The van der Waals surface area contributed by atoms with Gasteiger partial charge in [0.2, 0.25) is 0 Å². The molecule has 1 saturated heterocycles. The molecule has 2 heteroatoms. The fraction of sp³-hybridized carbons (Fsp3) is 0.562. The van der Waals surface area contributed by atoms with E-state index < -0.39 is 0 Å². The highest BCUT2D eigenvalue weighted by molar-refractivity contribution is 5.32. The molecule has 0 spiro atoms. The summed E-state index contributed by atoms with van der Waals surface area (Å²) in [4.78, 5) is 2.39. The van der Waals surface area contributed by atoms with Gasteiger partial charge in [0.1, 0.15) is 0 Å². The first-order valence-corrected chi connectivity index (χ1v) is 6.92. The fourth-order valence-electron chi connectivity index (χ4n) is 2.77.